The van der Waals surface area contributed by atoms with E-state index in [2.05, 4.69) is 9.97 Å². The quantitative estimate of drug-likeness (QED) is 0.742. The van der Waals surface area contributed by atoms with Gasteiger partial charge < -0.3 is 14.5 Å². The fourth-order valence-corrected chi connectivity index (χ4v) is 2.27. The van der Waals surface area contributed by atoms with Gasteiger partial charge in [0.05, 0.1) is 0 Å². The zero-order chi connectivity index (χ0) is 15.6. The van der Waals surface area contributed by atoms with Crippen molar-refractivity contribution in [2.45, 2.75) is 39.3 Å². The first-order valence-electron chi connectivity index (χ1n) is 6.98. The van der Waals surface area contributed by atoms with Gasteiger partial charge in [-0.15, -0.1) is 0 Å². The van der Waals surface area contributed by atoms with Crippen molar-refractivity contribution in [1.29, 1.82) is 0 Å². The largest absolute Gasteiger partial charge is 0.444 e. The maximum atomic E-state index is 13.2. The third kappa shape index (κ3) is 4.03. The molecule has 1 aromatic heterocycles. The number of hydrogen-bond donors (Lipinski definition) is 0. The molecule has 2 heterocycles. The molecule has 1 aromatic rings. The third-order valence-electron chi connectivity index (χ3n) is 3.19. The Morgan fingerprint density at radius 2 is 2.10 bits per heavy atom. The van der Waals surface area contributed by atoms with Crippen LogP contribution in [0.3, 0.4) is 0 Å². The van der Waals surface area contributed by atoms with E-state index in [1.807, 2.05) is 32.6 Å². The van der Waals surface area contributed by atoms with Crippen LogP contribution in [0.25, 0.3) is 0 Å². The summed E-state index contributed by atoms with van der Waals surface area (Å²) >= 11 is 0. The molecule has 2 rings (SSSR count). The van der Waals surface area contributed by atoms with Crippen molar-refractivity contribution in [2.24, 2.45) is 0 Å². The summed E-state index contributed by atoms with van der Waals surface area (Å²) in [6.45, 7) is 9.11. The Bertz CT molecular complexity index is 518. The number of halogens is 1. The summed E-state index contributed by atoms with van der Waals surface area (Å²) in [7, 11) is 0. The second-order valence-corrected chi connectivity index (χ2v) is 6.17. The Morgan fingerprint density at radius 3 is 2.67 bits per heavy atom. The van der Waals surface area contributed by atoms with Gasteiger partial charge in [0.1, 0.15) is 17.7 Å². The predicted octanol–water partition coefficient (Wildman–Crippen LogP) is 2.06. The van der Waals surface area contributed by atoms with Crippen LogP contribution >= 0.6 is 0 Å². The summed E-state index contributed by atoms with van der Waals surface area (Å²) in [5, 5.41) is 0. The first-order chi connectivity index (χ1) is 9.76. The molecule has 0 unspecified atom stereocenters. The van der Waals surface area contributed by atoms with Crippen LogP contribution in [0.2, 0.25) is 0 Å². The number of piperazine rings is 1. The van der Waals surface area contributed by atoms with Crippen molar-refractivity contribution in [3.05, 3.63) is 18.3 Å². The third-order valence-corrected chi connectivity index (χ3v) is 3.19. The van der Waals surface area contributed by atoms with Crippen LogP contribution in [0.4, 0.5) is 15.0 Å². The van der Waals surface area contributed by atoms with Crippen molar-refractivity contribution in [2.75, 3.05) is 24.5 Å². The molecule has 0 N–H and O–H groups in total. The molecule has 0 spiro atoms. The summed E-state index contributed by atoms with van der Waals surface area (Å²) < 4.78 is 18.5. The van der Waals surface area contributed by atoms with Crippen molar-refractivity contribution in [3.63, 3.8) is 0 Å². The first-order valence-corrected chi connectivity index (χ1v) is 6.98. The number of rotatable bonds is 1. The summed E-state index contributed by atoms with van der Waals surface area (Å²) in [5.74, 6) is -0.0133. The molecule has 1 saturated heterocycles. The van der Waals surface area contributed by atoms with Crippen LogP contribution in [0.5, 0.6) is 0 Å². The molecule has 6 nitrogen and oxygen atoms in total. The van der Waals surface area contributed by atoms with E-state index in [9.17, 15) is 9.18 Å². The van der Waals surface area contributed by atoms with E-state index in [1.54, 1.807) is 4.90 Å². The van der Waals surface area contributed by atoms with Crippen LogP contribution in [0.15, 0.2) is 12.4 Å². The standard InChI is InChI=1S/C14H21FN4O2/c1-10-8-18(13(20)21-14(2,3)4)5-6-19(10)12-7-11(15)16-9-17-12/h7,9-10H,5-6,8H2,1-4H3/t10-/m0/s1. The predicted molar refractivity (Wildman–Crippen MR) is 76.6 cm³/mol. The number of amides is 1. The number of ether oxygens (including phenoxy) is 1. The van der Waals surface area contributed by atoms with Crippen LogP contribution in [-0.4, -0.2) is 52.2 Å². The van der Waals surface area contributed by atoms with Crippen LogP contribution in [-0.2, 0) is 4.74 Å². The Hall–Kier alpha value is -1.92. The van der Waals surface area contributed by atoms with E-state index in [1.165, 1.54) is 12.4 Å². The highest BCUT2D eigenvalue weighted by Crippen LogP contribution is 2.19. The number of anilines is 1. The van der Waals surface area contributed by atoms with Gasteiger partial charge in [0.25, 0.3) is 0 Å². The van der Waals surface area contributed by atoms with Gasteiger partial charge in [-0.3, -0.25) is 0 Å². The van der Waals surface area contributed by atoms with Crippen LogP contribution in [0, 0.1) is 5.95 Å². The molecule has 0 aromatic carbocycles. The van der Waals surface area contributed by atoms with E-state index in [0.717, 1.165) is 0 Å². The molecule has 116 valence electrons. The zero-order valence-electron chi connectivity index (χ0n) is 12.8. The lowest BCUT2D eigenvalue weighted by atomic mass is 10.2. The molecule has 7 heteroatoms. The second-order valence-electron chi connectivity index (χ2n) is 6.17. The van der Waals surface area contributed by atoms with E-state index in [4.69, 9.17) is 4.74 Å². The lowest BCUT2D eigenvalue weighted by molar-refractivity contribution is 0.0218. The van der Waals surface area contributed by atoms with Gasteiger partial charge in [-0.25, -0.2) is 14.8 Å². The highest BCUT2D eigenvalue weighted by atomic mass is 19.1. The van der Waals surface area contributed by atoms with E-state index in [-0.39, 0.29) is 12.1 Å². The summed E-state index contributed by atoms with van der Waals surface area (Å²) in [6, 6.07) is 1.33. The Kier molecular flexibility index (Phi) is 4.29. The van der Waals surface area contributed by atoms with Crippen LogP contribution < -0.4 is 4.90 Å². The van der Waals surface area contributed by atoms with Crippen molar-refractivity contribution in [3.8, 4) is 0 Å². The van der Waals surface area contributed by atoms with Gasteiger partial charge in [-0.1, -0.05) is 0 Å². The first kappa shape index (κ1) is 15.5. The average Bonchev–Trinajstić information content (AvgIpc) is 2.36. The lowest BCUT2D eigenvalue weighted by Crippen LogP contribution is -2.54. The molecule has 1 fully saturated rings. The Morgan fingerprint density at radius 1 is 1.38 bits per heavy atom. The molecule has 0 bridgehead atoms. The van der Waals surface area contributed by atoms with E-state index < -0.39 is 11.5 Å². The number of carbonyl (C=O) groups is 1. The fraction of sp³-hybridized carbons (Fsp3) is 0.643. The maximum Gasteiger partial charge on any atom is 0.410 e. The number of hydrogen-bond acceptors (Lipinski definition) is 5. The normalized spacial score (nSPS) is 19.6. The Balaban J connectivity index is 2.01. The molecule has 0 aliphatic carbocycles. The lowest BCUT2D eigenvalue weighted by Gasteiger charge is -2.40. The zero-order valence-corrected chi connectivity index (χ0v) is 12.8. The molecule has 1 aliphatic rings. The highest BCUT2D eigenvalue weighted by Gasteiger charge is 2.30. The van der Waals surface area contributed by atoms with Crippen molar-refractivity contribution >= 4 is 11.9 Å². The number of aromatic nitrogens is 2. The van der Waals surface area contributed by atoms with Gasteiger partial charge in [-0.05, 0) is 27.7 Å². The molecule has 21 heavy (non-hydrogen) atoms. The van der Waals surface area contributed by atoms with E-state index >= 15 is 0 Å². The Labute approximate surface area is 123 Å². The smallest absolute Gasteiger partial charge is 0.410 e. The molecule has 0 saturated carbocycles. The minimum atomic E-state index is -0.554. The monoisotopic (exact) mass is 296 g/mol. The number of nitrogens with zero attached hydrogens (tertiary/aromatic N) is 4. The maximum absolute atomic E-state index is 13.2. The van der Waals surface area contributed by atoms with Gasteiger partial charge in [-0.2, -0.15) is 4.39 Å². The van der Waals surface area contributed by atoms with Crippen molar-refractivity contribution < 1.29 is 13.9 Å². The summed E-state index contributed by atoms with van der Waals surface area (Å²) in [4.78, 5) is 23.2. The molecule has 1 atom stereocenters. The van der Waals surface area contributed by atoms with Gasteiger partial charge in [0.15, 0.2) is 0 Å². The summed E-state index contributed by atoms with van der Waals surface area (Å²) in [5.41, 5.74) is -0.507. The van der Waals surface area contributed by atoms with Crippen LogP contribution in [0.1, 0.15) is 27.7 Å². The second kappa shape index (κ2) is 5.83. The van der Waals surface area contributed by atoms with Crippen molar-refractivity contribution in [1.82, 2.24) is 14.9 Å². The number of carbonyl (C=O) groups excluding carboxylic acids is 1. The molecular formula is C14H21FN4O2. The minimum absolute atomic E-state index is 0.0283. The topological polar surface area (TPSA) is 58.6 Å². The molecule has 1 amide bonds. The SMILES string of the molecule is C[C@H]1CN(C(=O)OC(C)(C)C)CCN1c1cc(F)ncn1. The molecule has 1 aliphatic heterocycles. The van der Waals surface area contributed by atoms with Gasteiger partial charge in [0.2, 0.25) is 5.95 Å². The summed E-state index contributed by atoms with van der Waals surface area (Å²) in [6.07, 6.45) is 0.889. The molecular weight excluding hydrogens is 275 g/mol. The van der Waals surface area contributed by atoms with E-state index in [0.29, 0.717) is 25.5 Å². The minimum Gasteiger partial charge on any atom is -0.444 e. The fourth-order valence-electron chi connectivity index (χ4n) is 2.27. The highest BCUT2D eigenvalue weighted by molar-refractivity contribution is 5.68. The average molecular weight is 296 g/mol. The van der Waals surface area contributed by atoms with Gasteiger partial charge in [0, 0.05) is 31.7 Å². The van der Waals surface area contributed by atoms with Gasteiger partial charge >= 0.3 is 6.09 Å². The molecule has 0 radical (unpaired) electrons.